The van der Waals surface area contributed by atoms with E-state index >= 15 is 0 Å². The Balaban J connectivity index is 2.23. The molecule has 1 aliphatic rings. The van der Waals surface area contributed by atoms with Crippen LogP contribution >= 0.6 is 11.8 Å². The normalized spacial score (nSPS) is 17.1. The molecule has 0 spiro atoms. The second-order valence-electron chi connectivity index (χ2n) is 5.25. The molecule has 0 radical (unpaired) electrons. The predicted molar refractivity (Wildman–Crippen MR) is 86.9 cm³/mol. The van der Waals surface area contributed by atoms with Crippen molar-refractivity contribution in [1.82, 2.24) is 4.90 Å². The highest BCUT2D eigenvalue weighted by Gasteiger charge is 2.24. The minimum absolute atomic E-state index is 0.00364. The van der Waals surface area contributed by atoms with Crippen molar-refractivity contribution in [2.24, 2.45) is 0 Å². The van der Waals surface area contributed by atoms with E-state index in [4.69, 9.17) is 0 Å². The summed E-state index contributed by atoms with van der Waals surface area (Å²) in [7, 11) is 0. The van der Waals surface area contributed by atoms with Gasteiger partial charge >= 0.3 is 0 Å². The van der Waals surface area contributed by atoms with Gasteiger partial charge in [-0.1, -0.05) is 13.8 Å². The molecule has 0 aliphatic carbocycles. The van der Waals surface area contributed by atoms with E-state index in [9.17, 15) is 9.59 Å². The Morgan fingerprint density at radius 3 is 2.57 bits per heavy atom. The van der Waals surface area contributed by atoms with E-state index in [1.165, 1.54) is 11.8 Å². The predicted octanol–water partition coefficient (Wildman–Crippen LogP) is 3.38. The fourth-order valence-corrected chi connectivity index (χ4v) is 3.31. The molecule has 5 heteroatoms. The highest BCUT2D eigenvalue weighted by Crippen LogP contribution is 2.36. The van der Waals surface area contributed by atoms with Crippen LogP contribution in [0.4, 0.5) is 5.69 Å². The highest BCUT2D eigenvalue weighted by atomic mass is 32.2. The molecule has 0 fully saturated rings. The largest absolute Gasteiger partial charge is 0.339 e. The summed E-state index contributed by atoms with van der Waals surface area (Å²) >= 11 is 1.53. The Morgan fingerprint density at radius 1 is 1.29 bits per heavy atom. The number of anilines is 1. The van der Waals surface area contributed by atoms with Crippen LogP contribution in [0.25, 0.3) is 0 Å². The molecule has 1 aliphatic heterocycles. The Bertz CT molecular complexity index is 539. The van der Waals surface area contributed by atoms with Crippen molar-refractivity contribution >= 4 is 29.3 Å². The third-order valence-corrected chi connectivity index (χ3v) is 4.61. The van der Waals surface area contributed by atoms with Gasteiger partial charge in [0.1, 0.15) is 0 Å². The number of carbonyl (C=O) groups is 2. The molecule has 1 aromatic rings. The van der Waals surface area contributed by atoms with Gasteiger partial charge in [0, 0.05) is 23.5 Å². The van der Waals surface area contributed by atoms with Gasteiger partial charge in [0.2, 0.25) is 5.91 Å². The smallest absolute Gasteiger partial charge is 0.253 e. The zero-order valence-electron chi connectivity index (χ0n) is 12.8. The maximum Gasteiger partial charge on any atom is 0.253 e. The maximum atomic E-state index is 12.6. The van der Waals surface area contributed by atoms with Gasteiger partial charge in [-0.2, -0.15) is 0 Å². The number of carbonyl (C=O) groups excluding carboxylic acids is 2. The van der Waals surface area contributed by atoms with Crippen molar-refractivity contribution in [3.05, 3.63) is 23.8 Å². The highest BCUT2D eigenvalue weighted by molar-refractivity contribution is 8.00. The summed E-state index contributed by atoms with van der Waals surface area (Å²) in [5.41, 5.74) is 1.40. The summed E-state index contributed by atoms with van der Waals surface area (Å²) in [5, 5.41) is 2.79. The number of hydrogen-bond donors (Lipinski definition) is 1. The number of amides is 2. The molecule has 1 N–H and O–H groups in total. The first-order valence-electron chi connectivity index (χ1n) is 7.47. The summed E-state index contributed by atoms with van der Waals surface area (Å²) in [6.07, 6.45) is 1.89. The second-order valence-corrected chi connectivity index (χ2v) is 6.64. The molecule has 114 valence electrons. The number of rotatable bonds is 5. The SMILES string of the molecule is CCCN(CCC)C(=O)c1ccc2c(c1)NC(=O)C(C)S2. The summed E-state index contributed by atoms with van der Waals surface area (Å²) in [5.74, 6) is 0.0374. The fourth-order valence-electron chi connectivity index (χ4n) is 2.38. The molecule has 0 bridgehead atoms. The van der Waals surface area contributed by atoms with Crippen LogP contribution < -0.4 is 5.32 Å². The van der Waals surface area contributed by atoms with Crippen LogP contribution in [0.3, 0.4) is 0 Å². The van der Waals surface area contributed by atoms with Crippen LogP contribution in [0.1, 0.15) is 44.0 Å². The van der Waals surface area contributed by atoms with E-state index in [0.717, 1.165) is 36.5 Å². The molecule has 1 aromatic carbocycles. The van der Waals surface area contributed by atoms with Gasteiger partial charge in [-0.15, -0.1) is 11.8 Å². The van der Waals surface area contributed by atoms with Gasteiger partial charge < -0.3 is 10.2 Å². The number of benzene rings is 1. The summed E-state index contributed by atoms with van der Waals surface area (Å²) in [6, 6.07) is 5.59. The van der Waals surface area contributed by atoms with Gasteiger partial charge in [-0.3, -0.25) is 9.59 Å². The molecule has 1 unspecified atom stereocenters. The van der Waals surface area contributed by atoms with Crippen molar-refractivity contribution in [2.45, 2.75) is 43.8 Å². The standard InChI is InChI=1S/C16H22N2O2S/c1-4-8-18(9-5-2)16(20)12-6-7-14-13(10-12)17-15(19)11(3)21-14/h6-7,10-11H,4-5,8-9H2,1-3H3,(H,17,19). The fraction of sp³-hybridized carbons (Fsp3) is 0.500. The lowest BCUT2D eigenvalue weighted by Gasteiger charge is -2.24. The summed E-state index contributed by atoms with van der Waals surface area (Å²) < 4.78 is 0. The summed E-state index contributed by atoms with van der Waals surface area (Å²) in [6.45, 7) is 7.55. The minimum Gasteiger partial charge on any atom is -0.339 e. The van der Waals surface area contributed by atoms with Crippen LogP contribution in [0.15, 0.2) is 23.1 Å². The van der Waals surface area contributed by atoms with E-state index in [2.05, 4.69) is 19.2 Å². The second kappa shape index (κ2) is 6.98. The molecule has 2 amide bonds. The first-order chi connectivity index (χ1) is 10.1. The van der Waals surface area contributed by atoms with E-state index in [1.54, 1.807) is 6.07 Å². The Morgan fingerprint density at radius 2 is 1.95 bits per heavy atom. The lowest BCUT2D eigenvalue weighted by molar-refractivity contribution is -0.115. The monoisotopic (exact) mass is 306 g/mol. The van der Waals surface area contributed by atoms with Crippen LogP contribution in [0.2, 0.25) is 0 Å². The van der Waals surface area contributed by atoms with Crippen molar-refractivity contribution in [3.8, 4) is 0 Å². The lowest BCUT2D eigenvalue weighted by Crippen LogP contribution is -2.33. The van der Waals surface area contributed by atoms with Gasteiger partial charge in [-0.25, -0.2) is 0 Å². The van der Waals surface area contributed by atoms with Gasteiger partial charge in [-0.05, 0) is 38.0 Å². The molecule has 1 heterocycles. The van der Waals surface area contributed by atoms with Gasteiger partial charge in [0.25, 0.3) is 5.91 Å². The molecule has 4 nitrogen and oxygen atoms in total. The zero-order chi connectivity index (χ0) is 15.4. The lowest BCUT2D eigenvalue weighted by atomic mass is 10.1. The molecule has 2 rings (SSSR count). The van der Waals surface area contributed by atoms with Gasteiger partial charge in [0.05, 0.1) is 10.9 Å². The van der Waals surface area contributed by atoms with Crippen molar-refractivity contribution in [3.63, 3.8) is 0 Å². The van der Waals surface area contributed by atoms with E-state index in [1.807, 2.05) is 24.0 Å². The molecule has 0 aromatic heterocycles. The van der Waals surface area contributed by atoms with Crippen LogP contribution in [-0.2, 0) is 4.79 Å². The number of nitrogens with one attached hydrogen (secondary N) is 1. The first kappa shape index (κ1) is 15.9. The summed E-state index contributed by atoms with van der Waals surface area (Å²) in [4.78, 5) is 27.2. The molecule has 0 saturated heterocycles. The van der Waals surface area contributed by atoms with Crippen molar-refractivity contribution in [1.29, 1.82) is 0 Å². The Labute approximate surface area is 130 Å². The third-order valence-electron chi connectivity index (χ3n) is 3.43. The van der Waals surface area contributed by atoms with Gasteiger partial charge in [0.15, 0.2) is 0 Å². The topological polar surface area (TPSA) is 49.4 Å². The maximum absolute atomic E-state index is 12.6. The molecule has 21 heavy (non-hydrogen) atoms. The van der Waals surface area contributed by atoms with Crippen LogP contribution in [-0.4, -0.2) is 35.1 Å². The first-order valence-corrected chi connectivity index (χ1v) is 8.35. The number of hydrogen-bond acceptors (Lipinski definition) is 3. The van der Waals surface area contributed by atoms with E-state index in [-0.39, 0.29) is 17.1 Å². The van der Waals surface area contributed by atoms with Crippen molar-refractivity contribution in [2.75, 3.05) is 18.4 Å². The molecule has 1 atom stereocenters. The molecular formula is C16H22N2O2S. The van der Waals surface area contributed by atoms with E-state index < -0.39 is 0 Å². The third kappa shape index (κ3) is 3.59. The quantitative estimate of drug-likeness (QED) is 0.907. The zero-order valence-corrected chi connectivity index (χ0v) is 13.6. The Hall–Kier alpha value is -1.49. The number of fused-ring (bicyclic) bond motifs is 1. The molecular weight excluding hydrogens is 284 g/mol. The number of nitrogens with zero attached hydrogens (tertiary/aromatic N) is 1. The Kier molecular flexibility index (Phi) is 5.28. The average Bonchev–Trinajstić information content (AvgIpc) is 2.47. The molecule has 0 saturated carbocycles. The van der Waals surface area contributed by atoms with Crippen molar-refractivity contribution < 1.29 is 9.59 Å². The van der Waals surface area contributed by atoms with E-state index in [0.29, 0.717) is 5.56 Å². The number of thioether (sulfide) groups is 1. The average molecular weight is 306 g/mol. The minimum atomic E-state index is -0.0873. The van der Waals surface area contributed by atoms with Crippen LogP contribution in [0.5, 0.6) is 0 Å². The van der Waals surface area contributed by atoms with Crippen LogP contribution in [0, 0.1) is 0 Å².